The normalized spacial score (nSPS) is 24.3. The molecule has 0 aliphatic carbocycles. The number of ether oxygens (including phenoxy) is 1. The molecule has 3 rings (SSSR count). The van der Waals surface area contributed by atoms with Crippen LogP contribution >= 0.6 is 0 Å². The van der Waals surface area contributed by atoms with Crippen LogP contribution in [-0.2, 0) is 26.3 Å². The van der Waals surface area contributed by atoms with E-state index in [-0.39, 0.29) is 16.4 Å². The molecular formula is C13H17NO5S2. The van der Waals surface area contributed by atoms with Crippen LogP contribution in [0.2, 0.25) is 0 Å². The lowest BCUT2D eigenvalue weighted by atomic mass is 10.1. The highest BCUT2D eigenvalue weighted by atomic mass is 32.2. The van der Waals surface area contributed by atoms with Gasteiger partial charge in [0.05, 0.1) is 23.0 Å². The molecule has 8 heteroatoms. The van der Waals surface area contributed by atoms with Crippen LogP contribution in [0.1, 0.15) is 18.4 Å². The van der Waals surface area contributed by atoms with Crippen LogP contribution in [0.4, 0.5) is 0 Å². The summed E-state index contributed by atoms with van der Waals surface area (Å²) in [6.45, 7) is 0.650. The molecule has 2 heterocycles. The Balaban J connectivity index is 1.82. The Bertz CT molecular complexity index is 755. The number of hydrogen-bond donors (Lipinski definition) is 1. The average Bonchev–Trinajstić information content (AvgIpc) is 2.76. The summed E-state index contributed by atoms with van der Waals surface area (Å²) in [6.07, 6.45) is 1.98. The molecule has 0 saturated carbocycles. The molecule has 0 aromatic heterocycles. The van der Waals surface area contributed by atoms with Crippen molar-refractivity contribution in [3.05, 3.63) is 23.8 Å². The van der Waals surface area contributed by atoms with E-state index in [2.05, 4.69) is 4.72 Å². The molecule has 1 fully saturated rings. The van der Waals surface area contributed by atoms with Crippen LogP contribution < -0.4 is 9.46 Å². The summed E-state index contributed by atoms with van der Waals surface area (Å²) in [6, 6.07) is 4.23. The van der Waals surface area contributed by atoms with Crippen LogP contribution in [0, 0.1) is 0 Å². The Morgan fingerprint density at radius 1 is 1.29 bits per heavy atom. The van der Waals surface area contributed by atoms with Gasteiger partial charge in [-0.2, -0.15) is 0 Å². The van der Waals surface area contributed by atoms with Gasteiger partial charge in [0.2, 0.25) is 10.0 Å². The molecule has 1 N–H and O–H groups in total. The maximum atomic E-state index is 12.3. The molecule has 0 radical (unpaired) electrons. The van der Waals surface area contributed by atoms with Crippen LogP contribution in [0.25, 0.3) is 0 Å². The topological polar surface area (TPSA) is 89.5 Å². The number of aryl methyl sites for hydroxylation is 1. The molecule has 1 aromatic rings. The fourth-order valence-corrected chi connectivity index (χ4v) is 5.78. The van der Waals surface area contributed by atoms with E-state index in [0.29, 0.717) is 13.0 Å². The summed E-state index contributed by atoms with van der Waals surface area (Å²) in [4.78, 5) is 0.163. The highest BCUT2D eigenvalue weighted by Gasteiger charge is 2.31. The standard InChI is InChI=1S/C13H17NO5S2/c15-20(16)7-5-11(9-20)14-21(17,18)12-3-4-13-10(8-12)2-1-6-19-13/h3-4,8,11,14H,1-2,5-7,9H2. The average molecular weight is 331 g/mol. The smallest absolute Gasteiger partial charge is 0.240 e. The minimum atomic E-state index is -3.70. The maximum Gasteiger partial charge on any atom is 0.240 e. The first-order chi connectivity index (χ1) is 9.86. The molecule has 1 atom stereocenters. The number of sulfone groups is 1. The number of sulfonamides is 1. The van der Waals surface area contributed by atoms with Gasteiger partial charge in [-0.1, -0.05) is 0 Å². The molecule has 116 valence electrons. The second-order valence-corrected chi connectivity index (χ2v) is 9.39. The van der Waals surface area contributed by atoms with Crippen molar-refractivity contribution in [1.82, 2.24) is 4.72 Å². The Hall–Kier alpha value is -1.12. The van der Waals surface area contributed by atoms with Crippen LogP contribution in [-0.4, -0.2) is 41.0 Å². The fraction of sp³-hybridized carbons (Fsp3) is 0.538. The van der Waals surface area contributed by atoms with Crippen LogP contribution in [0.15, 0.2) is 23.1 Å². The van der Waals surface area contributed by atoms with Gasteiger partial charge in [0.1, 0.15) is 5.75 Å². The predicted molar refractivity (Wildman–Crippen MR) is 77.6 cm³/mol. The van der Waals surface area contributed by atoms with Crippen molar-refractivity contribution in [2.45, 2.75) is 30.2 Å². The van der Waals surface area contributed by atoms with E-state index in [1.807, 2.05) is 0 Å². The quantitative estimate of drug-likeness (QED) is 0.870. The van der Waals surface area contributed by atoms with Crippen molar-refractivity contribution in [3.63, 3.8) is 0 Å². The van der Waals surface area contributed by atoms with E-state index in [9.17, 15) is 16.8 Å². The molecule has 1 saturated heterocycles. The third kappa shape index (κ3) is 3.22. The van der Waals surface area contributed by atoms with Gasteiger partial charge in [-0.15, -0.1) is 0 Å². The summed E-state index contributed by atoms with van der Waals surface area (Å²) >= 11 is 0. The van der Waals surface area contributed by atoms with Gasteiger partial charge in [0.15, 0.2) is 9.84 Å². The van der Waals surface area contributed by atoms with Gasteiger partial charge >= 0.3 is 0 Å². The van der Waals surface area contributed by atoms with Crippen LogP contribution in [0.5, 0.6) is 5.75 Å². The zero-order valence-electron chi connectivity index (χ0n) is 11.4. The van der Waals surface area contributed by atoms with Crippen molar-refractivity contribution in [2.75, 3.05) is 18.1 Å². The first kappa shape index (κ1) is 14.8. The fourth-order valence-electron chi connectivity index (χ4n) is 2.68. The minimum Gasteiger partial charge on any atom is -0.493 e. The largest absolute Gasteiger partial charge is 0.493 e. The molecule has 21 heavy (non-hydrogen) atoms. The van der Waals surface area contributed by atoms with Gasteiger partial charge in [-0.05, 0) is 43.0 Å². The Morgan fingerprint density at radius 3 is 2.81 bits per heavy atom. The summed E-state index contributed by atoms with van der Waals surface area (Å²) in [5.74, 6) is 0.641. The minimum absolute atomic E-state index is 0.0399. The number of hydrogen-bond acceptors (Lipinski definition) is 5. The zero-order valence-corrected chi connectivity index (χ0v) is 13.0. The Kier molecular flexibility index (Phi) is 3.71. The van der Waals surface area contributed by atoms with Crippen molar-refractivity contribution in [1.29, 1.82) is 0 Å². The van der Waals surface area contributed by atoms with Gasteiger partial charge in [0.25, 0.3) is 0 Å². The van der Waals surface area contributed by atoms with Gasteiger partial charge in [-0.3, -0.25) is 0 Å². The van der Waals surface area contributed by atoms with Crippen molar-refractivity contribution < 1.29 is 21.6 Å². The van der Waals surface area contributed by atoms with Gasteiger partial charge in [-0.25, -0.2) is 21.6 Å². The van der Waals surface area contributed by atoms with E-state index in [1.54, 1.807) is 12.1 Å². The molecule has 0 spiro atoms. The first-order valence-corrected chi connectivity index (χ1v) is 10.1. The van der Waals surface area contributed by atoms with E-state index in [0.717, 1.165) is 24.2 Å². The summed E-state index contributed by atoms with van der Waals surface area (Å²) in [5.41, 5.74) is 0.878. The second-order valence-electron chi connectivity index (χ2n) is 5.44. The lowest BCUT2D eigenvalue weighted by Crippen LogP contribution is -2.35. The molecule has 2 aliphatic heterocycles. The third-order valence-electron chi connectivity index (χ3n) is 3.74. The summed E-state index contributed by atoms with van der Waals surface area (Å²) in [5, 5.41) is 0. The maximum absolute atomic E-state index is 12.3. The van der Waals surface area contributed by atoms with Crippen molar-refractivity contribution in [3.8, 4) is 5.75 Å². The van der Waals surface area contributed by atoms with Crippen LogP contribution in [0.3, 0.4) is 0 Å². The summed E-state index contributed by atoms with van der Waals surface area (Å²) in [7, 11) is -6.81. The molecule has 2 aliphatic rings. The third-order valence-corrected chi connectivity index (χ3v) is 7.03. The molecule has 0 bridgehead atoms. The number of rotatable bonds is 3. The lowest BCUT2D eigenvalue weighted by molar-refractivity contribution is 0.288. The second kappa shape index (κ2) is 5.26. The molecule has 1 aromatic carbocycles. The van der Waals surface area contributed by atoms with E-state index in [1.165, 1.54) is 6.07 Å². The number of fused-ring (bicyclic) bond motifs is 1. The van der Waals surface area contributed by atoms with Gasteiger partial charge < -0.3 is 4.74 Å². The summed E-state index contributed by atoms with van der Waals surface area (Å²) < 4.78 is 55.4. The SMILES string of the molecule is O=S1(=O)CCC(NS(=O)(=O)c2ccc3c(c2)CCCO3)C1. The first-order valence-electron chi connectivity index (χ1n) is 6.84. The van der Waals surface area contributed by atoms with E-state index < -0.39 is 25.9 Å². The highest BCUT2D eigenvalue weighted by Crippen LogP contribution is 2.27. The molecule has 0 amide bonds. The van der Waals surface area contributed by atoms with Crippen molar-refractivity contribution >= 4 is 19.9 Å². The number of benzene rings is 1. The number of nitrogens with one attached hydrogen (secondary N) is 1. The van der Waals surface area contributed by atoms with Gasteiger partial charge in [0, 0.05) is 6.04 Å². The van der Waals surface area contributed by atoms with E-state index in [4.69, 9.17) is 4.74 Å². The zero-order chi connectivity index (χ0) is 15.1. The van der Waals surface area contributed by atoms with E-state index >= 15 is 0 Å². The monoisotopic (exact) mass is 331 g/mol. The predicted octanol–water partition coefficient (Wildman–Crippen LogP) is 0.477. The molecule has 6 nitrogen and oxygen atoms in total. The lowest BCUT2D eigenvalue weighted by Gasteiger charge is -2.18. The molecular weight excluding hydrogens is 314 g/mol. The highest BCUT2D eigenvalue weighted by molar-refractivity contribution is 7.92. The Labute approximate surface area is 124 Å². The molecule has 1 unspecified atom stereocenters. The Morgan fingerprint density at radius 2 is 2.10 bits per heavy atom. The van der Waals surface area contributed by atoms with Crippen molar-refractivity contribution in [2.24, 2.45) is 0 Å².